The molecule has 5 rings (SSSR count). The number of anilines is 1. The minimum absolute atomic E-state index is 0.0492. The largest absolute Gasteiger partial charge is 0.478 e. The average Bonchev–Trinajstić information content (AvgIpc) is 3.14. The third-order valence-electron chi connectivity index (χ3n) is 5.11. The van der Waals surface area contributed by atoms with Crippen LogP contribution in [0.25, 0.3) is 32.7 Å². The van der Waals surface area contributed by atoms with Crippen LogP contribution in [0, 0.1) is 0 Å². The molecule has 7 nitrogen and oxygen atoms in total. The first-order valence-electron chi connectivity index (χ1n) is 9.41. The van der Waals surface area contributed by atoms with Gasteiger partial charge in [-0.1, -0.05) is 48.0 Å². The number of carboxylic acids is 1. The van der Waals surface area contributed by atoms with E-state index in [1.54, 1.807) is 18.2 Å². The van der Waals surface area contributed by atoms with Crippen LogP contribution in [-0.2, 0) is 0 Å². The van der Waals surface area contributed by atoms with Gasteiger partial charge in [-0.2, -0.15) is 0 Å². The Kier molecular flexibility index (Phi) is 4.45. The molecule has 0 saturated heterocycles. The Balaban J connectivity index is 1.58. The van der Waals surface area contributed by atoms with Crippen LogP contribution in [0.4, 0.5) is 5.82 Å². The first-order valence-corrected chi connectivity index (χ1v) is 9.79. The quantitative estimate of drug-likeness (QED) is 0.301. The van der Waals surface area contributed by atoms with E-state index in [4.69, 9.17) is 11.6 Å². The lowest BCUT2D eigenvalue weighted by Gasteiger charge is -2.12. The van der Waals surface area contributed by atoms with Gasteiger partial charge in [-0.15, -0.1) is 0 Å². The Morgan fingerprint density at radius 1 is 0.903 bits per heavy atom. The SMILES string of the molecule is O=C(O)c1ccccc1C(=O)NNc1nc2[nH]c3ccc(Cl)cc3c2c2ccccc12. The Hall–Kier alpha value is -4.10. The normalized spacial score (nSPS) is 11.1. The Labute approximate surface area is 180 Å². The summed E-state index contributed by atoms with van der Waals surface area (Å²) < 4.78 is 0. The van der Waals surface area contributed by atoms with Crippen molar-refractivity contribution in [3.63, 3.8) is 0 Å². The average molecular weight is 431 g/mol. The van der Waals surface area contributed by atoms with Crippen LogP contribution in [0.15, 0.2) is 66.7 Å². The molecule has 31 heavy (non-hydrogen) atoms. The summed E-state index contributed by atoms with van der Waals surface area (Å²) in [6.45, 7) is 0. The number of hydrogen-bond donors (Lipinski definition) is 4. The molecule has 0 aliphatic rings. The molecule has 2 heterocycles. The summed E-state index contributed by atoms with van der Waals surface area (Å²) in [5, 5.41) is 13.6. The van der Waals surface area contributed by atoms with Gasteiger partial charge in [-0.3, -0.25) is 15.6 Å². The molecule has 0 atom stereocenters. The number of halogens is 1. The summed E-state index contributed by atoms with van der Waals surface area (Å²) in [6, 6.07) is 19.3. The van der Waals surface area contributed by atoms with Gasteiger partial charge in [-0.05, 0) is 35.7 Å². The van der Waals surface area contributed by atoms with Crippen LogP contribution in [-0.4, -0.2) is 27.0 Å². The maximum atomic E-state index is 12.6. The lowest BCUT2D eigenvalue weighted by molar-refractivity contribution is 0.0691. The molecule has 2 aromatic heterocycles. The van der Waals surface area contributed by atoms with Crippen LogP contribution >= 0.6 is 11.6 Å². The lowest BCUT2D eigenvalue weighted by atomic mass is 10.1. The zero-order valence-electron chi connectivity index (χ0n) is 15.9. The third-order valence-corrected chi connectivity index (χ3v) is 5.35. The molecule has 152 valence electrons. The standard InChI is InChI=1S/C23H15ClN4O3/c24-12-9-10-18-17(11-12)19-13-5-1-2-6-14(13)20(26-21(19)25-18)27-28-22(29)15-7-3-4-8-16(15)23(30)31/h1-11H,(H,28,29)(H,30,31)(H2,25,26,27). The van der Waals surface area contributed by atoms with Crippen LogP contribution < -0.4 is 10.9 Å². The van der Waals surface area contributed by atoms with E-state index in [2.05, 4.69) is 20.8 Å². The fraction of sp³-hybridized carbons (Fsp3) is 0. The first kappa shape index (κ1) is 18.9. The summed E-state index contributed by atoms with van der Waals surface area (Å²) in [4.78, 5) is 32.0. The molecular formula is C23H15ClN4O3. The van der Waals surface area contributed by atoms with E-state index in [1.165, 1.54) is 12.1 Å². The van der Waals surface area contributed by atoms with Gasteiger partial charge in [0.05, 0.1) is 11.1 Å². The molecule has 0 radical (unpaired) electrons. The van der Waals surface area contributed by atoms with Crippen molar-refractivity contribution in [3.8, 4) is 0 Å². The van der Waals surface area contributed by atoms with Gasteiger partial charge in [0.15, 0.2) is 5.82 Å². The predicted molar refractivity (Wildman–Crippen MR) is 121 cm³/mol. The summed E-state index contributed by atoms with van der Waals surface area (Å²) >= 11 is 6.20. The molecule has 8 heteroatoms. The second kappa shape index (κ2) is 7.30. The smallest absolute Gasteiger partial charge is 0.336 e. The maximum absolute atomic E-state index is 12.6. The maximum Gasteiger partial charge on any atom is 0.336 e. The molecular weight excluding hydrogens is 416 g/mol. The number of carbonyl (C=O) groups excluding carboxylic acids is 1. The number of fused-ring (bicyclic) bond motifs is 5. The number of amides is 1. The summed E-state index contributed by atoms with van der Waals surface area (Å²) in [5.74, 6) is -1.32. The van der Waals surface area contributed by atoms with E-state index in [0.717, 1.165) is 27.1 Å². The number of carboxylic acid groups (broad SMARTS) is 1. The molecule has 0 aliphatic heterocycles. The van der Waals surface area contributed by atoms with Gasteiger partial charge >= 0.3 is 5.97 Å². The summed E-state index contributed by atoms with van der Waals surface area (Å²) in [7, 11) is 0. The molecule has 4 N–H and O–H groups in total. The fourth-order valence-electron chi connectivity index (χ4n) is 3.73. The number of hydrogen-bond acceptors (Lipinski definition) is 4. The molecule has 3 aromatic carbocycles. The number of hydrazine groups is 1. The van der Waals surface area contributed by atoms with E-state index >= 15 is 0 Å². The number of carbonyl (C=O) groups is 2. The molecule has 5 aromatic rings. The van der Waals surface area contributed by atoms with Crippen LogP contribution in [0.3, 0.4) is 0 Å². The van der Waals surface area contributed by atoms with Gasteiger partial charge in [-0.25, -0.2) is 9.78 Å². The van der Waals surface area contributed by atoms with Crippen molar-refractivity contribution in [2.45, 2.75) is 0 Å². The summed E-state index contributed by atoms with van der Waals surface area (Å²) in [5.41, 5.74) is 6.91. The van der Waals surface area contributed by atoms with Gasteiger partial charge in [0.25, 0.3) is 5.91 Å². The number of benzene rings is 3. The summed E-state index contributed by atoms with van der Waals surface area (Å²) in [6.07, 6.45) is 0. The van der Waals surface area contributed by atoms with E-state index in [9.17, 15) is 14.7 Å². The van der Waals surface area contributed by atoms with E-state index in [1.807, 2.05) is 36.4 Å². The Bertz CT molecular complexity index is 1510. The molecule has 0 unspecified atom stereocenters. The number of nitrogens with one attached hydrogen (secondary N) is 3. The highest BCUT2D eigenvalue weighted by Crippen LogP contribution is 2.35. The second-order valence-electron chi connectivity index (χ2n) is 6.97. The number of nitrogens with zero attached hydrogens (tertiary/aromatic N) is 1. The zero-order chi connectivity index (χ0) is 21.5. The van der Waals surface area contributed by atoms with Crippen molar-refractivity contribution in [3.05, 3.63) is 82.9 Å². The molecule has 1 amide bonds. The predicted octanol–water partition coefficient (Wildman–Crippen LogP) is 4.98. The van der Waals surface area contributed by atoms with Crippen molar-refractivity contribution < 1.29 is 14.7 Å². The van der Waals surface area contributed by atoms with Gasteiger partial charge in [0.2, 0.25) is 0 Å². The molecule has 0 fully saturated rings. The number of aromatic carboxylic acids is 1. The van der Waals surface area contributed by atoms with Crippen molar-refractivity contribution in [2.24, 2.45) is 0 Å². The number of rotatable bonds is 4. The minimum Gasteiger partial charge on any atom is -0.478 e. The highest BCUT2D eigenvalue weighted by molar-refractivity contribution is 6.32. The topological polar surface area (TPSA) is 107 Å². The number of H-pyrrole nitrogens is 1. The van der Waals surface area contributed by atoms with Gasteiger partial charge in [0.1, 0.15) is 5.65 Å². The van der Waals surface area contributed by atoms with Crippen molar-refractivity contribution in [1.29, 1.82) is 0 Å². The zero-order valence-corrected chi connectivity index (χ0v) is 16.7. The molecule has 0 saturated carbocycles. The number of aromatic nitrogens is 2. The number of pyridine rings is 1. The molecule has 0 bridgehead atoms. The van der Waals surface area contributed by atoms with Gasteiger partial charge in [0, 0.05) is 26.7 Å². The highest BCUT2D eigenvalue weighted by atomic mass is 35.5. The van der Waals surface area contributed by atoms with Crippen LogP contribution in [0.1, 0.15) is 20.7 Å². The Morgan fingerprint density at radius 3 is 2.39 bits per heavy atom. The van der Waals surface area contributed by atoms with Gasteiger partial charge < -0.3 is 10.1 Å². The van der Waals surface area contributed by atoms with Crippen molar-refractivity contribution in [2.75, 3.05) is 5.43 Å². The first-order chi connectivity index (χ1) is 15.0. The lowest BCUT2D eigenvalue weighted by Crippen LogP contribution is -2.31. The fourth-order valence-corrected chi connectivity index (χ4v) is 3.90. The van der Waals surface area contributed by atoms with Crippen LogP contribution in [0.5, 0.6) is 0 Å². The van der Waals surface area contributed by atoms with Crippen LogP contribution in [0.2, 0.25) is 5.02 Å². The number of aromatic amines is 1. The van der Waals surface area contributed by atoms with E-state index in [-0.39, 0.29) is 11.1 Å². The van der Waals surface area contributed by atoms with Crippen molar-refractivity contribution in [1.82, 2.24) is 15.4 Å². The molecule has 0 aliphatic carbocycles. The van der Waals surface area contributed by atoms with Crippen molar-refractivity contribution >= 4 is 62.0 Å². The third kappa shape index (κ3) is 3.21. The second-order valence-corrected chi connectivity index (χ2v) is 7.41. The minimum atomic E-state index is -1.17. The van der Waals surface area contributed by atoms with E-state index < -0.39 is 11.9 Å². The Morgan fingerprint density at radius 2 is 1.61 bits per heavy atom. The molecule has 0 spiro atoms. The monoisotopic (exact) mass is 430 g/mol. The highest BCUT2D eigenvalue weighted by Gasteiger charge is 2.17. The van der Waals surface area contributed by atoms with E-state index in [0.29, 0.717) is 16.5 Å².